The first-order valence-corrected chi connectivity index (χ1v) is 9.74. The second-order valence-corrected chi connectivity index (χ2v) is 6.68. The SMILES string of the molecule is OCCOc1ccc(/C(=C(\CCCl)c2ccc(O)cc2)c2ccccc2)cc1. The Kier molecular flexibility index (Phi) is 7.12. The lowest BCUT2D eigenvalue weighted by atomic mass is 9.88. The normalized spacial score (nSPS) is 11.8. The molecule has 0 aliphatic rings. The monoisotopic (exact) mass is 394 g/mol. The van der Waals surface area contributed by atoms with Crippen molar-refractivity contribution >= 4 is 22.7 Å². The van der Waals surface area contributed by atoms with E-state index in [2.05, 4.69) is 12.1 Å². The van der Waals surface area contributed by atoms with Crippen LogP contribution in [0, 0.1) is 0 Å². The molecule has 0 aliphatic carbocycles. The van der Waals surface area contributed by atoms with E-state index in [4.69, 9.17) is 21.4 Å². The fraction of sp³-hybridized carbons (Fsp3) is 0.167. The first-order valence-electron chi connectivity index (χ1n) is 9.21. The number of hydrogen-bond donors (Lipinski definition) is 2. The highest BCUT2D eigenvalue weighted by Gasteiger charge is 2.14. The number of allylic oxidation sites excluding steroid dienone is 1. The Bertz CT molecular complexity index is 901. The van der Waals surface area contributed by atoms with Gasteiger partial charge in [0.25, 0.3) is 0 Å². The first-order chi connectivity index (χ1) is 13.7. The lowest BCUT2D eigenvalue weighted by Crippen LogP contribution is -2.01. The smallest absolute Gasteiger partial charge is 0.119 e. The quantitative estimate of drug-likeness (QED) is 0.400. The number of alkyl halides is 1. The summed E-state index contributed by atoms with van der Waals surface area (Å²) in [5, 5.41) is 18.6. The number of phenols is 1. The molecule has 0 aromatic heterocycles. The summed E-state index contributed by atoms with van der Waals surface area (Å²) in [4.78, 5) is 0. The third-order valence-electron chi connectivity index (χ3n) is 4.43. The molecule has 0 bridgehead atoms. The highest BCUT2D eigenvalue weighted by atomic mass is 35.5. The minimum absolute atomic E-state index is 0.0162. The lowest BCUT2D eigenvalue weighted by molar-refractivity contribution is 0.201. The van der Waals surface area contributed by atoms with Crippen molar-refractivity contribution in [1.29, 1.82) is 0 Å². The van der Waals surface area contributed by atoms with Gasteiger partial charge in [0.1, 0.15) is 18.1 Å². The van der Waals surface area contributed by atoms with Crippen molar-refractivity contribution in [3.05, 3.63) is 95.6 Å². The second-order valence-electron chi connectivity index (χ2n) is 6.30. The Labute approximate surface area is 170 Å². The predicted molar refractivity (Wildman–Crippen MR) is 115 cm³/mol. The molecule has 3 aromatic carbocycles. The third-order valence-corrected chi connectivity index (χ3v) is 4.62. The molecule has 28 heavy (non-hydrogen) atoms. The summed E-state index contributed by atoms with van der Waals surface area (Å²) in [7, 11) is 0. The first kappa shape index (κ1) is 20.0. The van der Waals surface area contributed by atoms with Crippen LogP contribution in [0.25, 0.3) is 11.1 Å². The summed E-state index contributed by atoms with van der Waals surface area (Å²) in [6.45, 7) is 0.253. The number of rotatable bonds is 8. The molecule has 3 aromatic rings. The number of halogens is 1. The molecule has 3 rings (SSSR count). The summed E-state index contributed by atoms with van der Waals surface area (Å²) in [6.07, 6.45) is 0.694. The zero-order valence-electron chi connectivity index (χ0n) is 15.5. The molecule has 0 saturated carbocycles. The molecule has 0 aliphatic heterocycles. The minimum Gasteiger partial charge on any atom is -0.508 e. The Morgan fingerprint density at radius 3 is 2.00 bits per heavy atom. The van der Waals surface area contributed by atoms with Crippen molar-refractivity contribution in [1.82, 2.24) is 0 Å². The molecule has 2 N–H and O–H groups in total. The van der Waals surface area contributed by atoms with E-state index in [1.807, 2.05) is 54.6 Å². The molecular weight excluding hydrogens is 372 g/mol. The van der Waals surface area contributed by atoms with E-state index < -0.39 is 0 Å². The summed E-state index contributed by atoms with van der Waals surface area (Å²) >= 11 is 6.15. The summed E-state index contributed by atoms with van der Waals surface area (Å²) in [6, 6.07) is 25.3. The van der Waals surface area contributed by atoms with Crippen molar-refractivity contribution in [3.63, 3.8) is 0 Å². The van der Waals surface area contributed by atoms with E-state index in [0.29, 0.717) is 18.1 Å². The van der Waals surface area contributed by atoms with Crippen molar-refractivity contribution in [3.8, 4) is 11.5 Å². The molecule has 0 saturated heterocycles. The van der Waals surface area contributed by atoms with Gasteiger partial charge in [0.2, 0.25) is 0 Å². The standard InChI is InChI=1S/C24H23ClO3/c25-15-14-23(18-6-10-21(27)11-7-18)24(19-4-2-1-3-5-19)20-8-12-22(13-9-20)28-17-16-26/h1-13,26-27H,14-17H2/b24-23+. The number of aromatic hydroxyl groups is 1. The fourth-order valence-corrected chi connectivity index (χ4v) is 3.36. The largest absolute Gasteiger partial charge is 0.508 e. The van der Waals surface area contributed by atoms with E-state index in [-0.39, 0.29) is 19.0 Å². The number of aliphatic hydroxyl groups is 1. The molecule has 4 heteroatoms. The molecule has 144 valence electrons. The maximum atomic E-state index is 9.67. The average Bonchev–Trinajstić information content (AvgIpc) is 2.74. The van der Waals surface area contributed by atoms with Gasteiger partial charge in [0.15, 0.2) is 0 Å². The molecule has 0 unspecified atom stereocenters. The Morgan fingerprint density at radius 1 is 0.786 bits per heavy atom. The van der Waals surface area contributed by atoms with E-state index in [9.17, 15) is 5.11 Å². The molecule has 3 nitrogen and oxygen atoms in total. The molecule has 0 amide bonds. The minimum atomic E-state index is -0.0162. The van der Waals surface area contributed by atoms with Crippen molar-refractivity contribution in [2.24, 2.45) is 0 Å². The number of ether oxygens (including phenoxy) is 1. The summed E-state index contributed by atoms with van der Waals surface area (Å²) in [5.74, 6) is 1.44. The third kappa shape index (κ3) is 4.94. The molecule has 0 fully saturated rings. The Balaban J connectivity index is 2.14. The Morgan fingerprint density at radius 2 is 1.39 bits per heavy atom. The summed E-state index contributed by atoms with van der Waals surface area (Å²) in [5.41, 5.74) is 5.39. The van der Waals surface area contributed by atoms with Gasteiger partial charge in [-0.2, -0.15) is 0 Å². The van der Waals surface area contributed by atoms with Crippen LogP contribution in [0.2, 0.25) is 0 Å². The maximum Gasteiger partial charge on any atom is 0.119 e. The molecular formula is C24H23ClO3. The van der Waals surface area contributed by atoms with Crippen LogP contribution in [-0.2, 0) is 0 Å². The van der Waals surface area contributed by atoms with E-state index in [0.717, 1.165) is 27.8 Å². The summed E-state index contributed by atoms with van der Waals surface area (Å²) < 4.78 is 5.49. The van der Waals surface area contributed by atoms with Crippen molar-refractivity contribution < 1.29 is 14.9 Å². The fourth-order valence-electron chi connectivity index (χ4n) is 3.17. The van der Waals surface area contributed by atoms with Crippen LogP contribution in [0.5, 0.6) is 11.5 Å². The van der Waals surface area contributed by atoms with Gasteiger partial charge in [0, 0.05) is 5.88 Å². The van der Waals surface area contributed by atoms with Crippen LogP contribution >= 0.6 is 11.6 Å². The number of hydrogen-bond acceptors (Lipinski definition) is 3. The zero-order valence-corrected chi connectivity index (χ0v) is 16.3. The number of aliphatic hydroxyl groups excluding tert-OH is 1. The van der Waals surface area contributed by atoms with Crippen LogP contribution in [0.15, 0.2) is 78.9 Å². The van der Waals surface area contributed by atoms with Gasteiger partial charge >= 0.3 is 0 Å². The molecule has 0 atom stereocenters. The highest BCUT2D eigenvalue weighted by Crippen LogP contribution is 2.35. The number of benzene rings is 3. The second kappa shape index (κ2) is 9.98. The van der Waals surface area contributed by atoms with E-state index >= 15 is 0 Å². The molecule has 0 radical (unpaired) electrons. The molecule has 0 heterocycles. The zero-order chi connectivity index (χ0) is 19.8. The lowest BCUT2D eigenvalue weighted by Gasteiger charge is -2.17. The Hall–Kier alpha value is -2.75. The van der Waals surface area contributed by atoms with Gasteiger partial charge in [-0.1, -0.05) is 54.6 Å². The molecule has 0 spiro atoms. The average molecular weight is 395 g/mol. The topological polar surface area (TPSA) is 49.7 Å². The van der Waals surface area contributed by atoms with Gasteiger partial charge in [-0.05, 0) is 58.5 Å². The van der Waals surface area contributed by atoms with Crippen LogP contribution in [0.4, 0.5) is 0 Å². The van der Waals surface area contributed by atoms with E-state index in [1.165, 1.54) is 0 Å². The maximum absolute atomic E-state index is 9.67. The van der Waals surface area contributed by atoms with Crippen LogP contribution in [0.1, 0.15) is 23.1 Å². The van der Waals surface area contributed by atoms with Gasteiger partial charge < -0.3 is 14.9 Å². The predicted octanol–water partition coefficient (Wildman–Crippen LogP) is 5.35. The van der Waals surface area contributed by atoms with Gasteiger partial charge in [0.05, 0.1) is 6.61 Å². The van der Waals surface area contributed by atoms with Crippen LogP contribution in [0.3, 0.4) is 0 Å². The highest BCUT2D eigenvalue weighted by molar-refractivity contribution is 6.18. The van der Waals surface area contributed by atoms with E-state index in [1.54, 1.807) is 12.1 Å². The van der Waals surface area contributed by atoms with Gasteiger partial charge in [-0.3, -0.25) is 0 Å². The number of phenolic OH excluding ortho intramolecular Hbond substituents is 1. The van der Waals surface area contributed by atoms with Crippen LogP contribution < -0.4 is 4.74 Å². The van der Waals surface area contributed by atoms with Crippen LogP contribution in [-0.4, -0.2) is 29.3 Å². The van der Waals surface area contributed by atoms with Crippen molar-refractivity contribution in [2.45, 2.75) is 6.42 Å². The van der Waals surface area contributed by atoms with Gasteiger partial charge in [-0.25, -0.2) is 0 Å². The van der Waals surface area contributed by atoms with Gasteiger partial charge in [-0.15, -0.1) is 11.6 Å². The van der Waals surface area contributed by atoms with Crippen molar-refractivity contribution in [2.75, 3.05) is 19.1 Å².